The van der Waals surface area contributed by atoms with Crippen molar-refractivity contribution in [2.75, 3.05) is 7.11 Å². The lowest BCUT2D eigenvalue weighted by atomic mass is 10.0. The molecular formula is C14H12FO. The van der Waals surface area contributed by atoms with Gasteiger partial charge in [-0.2, -0.15) is 0 Å². The van der Waals surface area contributed by atoms with E-state index in [4.69, 9.17) is 4.74 Å². The molecule has 0 saturated heterocycles. The van der Waals surface area contributed by atoms with Crippen LogP contribution in [0.3, 0.4) is 0 Å². The summed E-state index contributed by atoms with van der Waals surface area (Å²) in [6.07, 6.45) is 1.80. The molecule has 0 spiro atoms. The Bertz CT molecular complexity index is 462. The highest BCUT2D eigenvalue weighted by Crippen LogP contribution is 2.17. The highest BCUT2D eigenvalue weighted by Gasteiger charge is 2.02. The topological polar surface area (TPSA) is 9.23 Å². The molecule has 1 nitrogen and oxygen atoms in total. The van der Waals surface area contributed by atoms with Crippen molar-refractivity contribution in [2.24, 2.45) is 0 Å². The number of ether oxygens (including phenoxy) is 1. The summed E-state index contributed by atoms with van der Waals surface area (Å²) in [4.78, 5) is 0. The van der Waals surface area contributed by atoms with Gasteiger partial charge in [0.2, 0.25) is 0 Å². The Morgan fingerprint density at radius 2 is 1.69 bits per heavy atom. The van der Waals surface area contributed by atoms with Gasteiger partial charge in [-0.1, -0.05) is 30.3 Å². The van der Waals surface area contributed by atoms with Crippen LogP contribution in [0.15, 0.2) is 48.5 Å². The van der Waals surface area contributed by atoms with E-state index in [0.29, 0.717) is 5.56 Å². The van der Waals surface area contributed by atoms with Crippen molar-refractivity contribution >= 4 is 0 Å². The maximum atomic E-state index is 13.4. The summed E-state index contributed by atoms with van der Waals surface area (Å²) in [6.45, 7) is 0. The molecular weight excluding hydrogens is 203 g/mol. The van der Waals surface area contributed by atoms with E-state index in [1.165, 1.54) is 6.07 Å². The number of halogens is 1. The monoisotopic (exact) mass is 215 g/mol. The maximum absolute atomic E-state index is 13.4. The van der Waals surface area contributed by atoms with Gasteiger partial charge in [0.25, 0.3) is 0 Å². The molecule has 2 aromatic rings. The van der Waals surface area contributed by atoms with Gasteiger partial charge >= 0.3 is 0 Å². The zero-order valence-electron chi connectivity index (χ0n) is 8.98. The lowest BCUT2D eigenvalue weighted by molar-refractivity contribution is 0.414. The van der Waals surface area contributed by atoms with Gasteiger partial charge in [-0.05, 0) is 29.3 Å². The average molecular weight is 215 g/mol. The van der Waals surface area contributed by atoms with E-state index >= 15 is 0 Å². The standard InChI is InChI=1S/C14H12FO/c1-16-13-8-6-11(7-9-13)10-12-4-2-3-5-14(12)15/h2-10H,1H3. The van der Waals surface area contributed by atoms with E-state index in [0.717, 1.165) is 11.3 Å². The second-order valence-corrected chi connectivity index (χ2v) is 3.44. The molecule has 0 unspecified atom stereocenters. The molecule has 81 valence electrons. The van der Waals surface area contributed by atoms with Crippen LogP contribution in [0.25, 0.3) is 0 Å². The molecule has 2 rings (SSSR count). The summed E-state index contributed by atoms with van der Waals surface area (Å²) in [5.41, 5.74) is 1.54. The van der Waals surface area contributed by atoms with Crippen LogP contribution >= 0.6 is 0 Å². The van der Waals surface area contributed by atoms with Gasteiger partial charge in [-0.25, -0.2) is 4.39 Å². The molecule has 2 aromatic carbocycles. The van der Waals surface area contributed by atoms with Gasteiger partial charge in [0.15, 0.2) is 0 Å². The first-order valence-electron chi connectivity index (χ1n) is 5.03. The van der Waals surface area contributed by atoms with Crippen LogP contribution in [0.1, 0.15) is 11.1 Å². The molecule has 16 heavy (non-hydrogen) atoms. The molecule has 0 atom stereocenters. The first-order valence-corrected chi connectivity index (χ1v) is 5.03. The van der Waals surface area contributed by atoms with Crippen molar-refractivity contribution in [3.8, 4) is 5.75 Å². The SMILES string of the molecule is COc1ccc([CH]c2ccccc2F)cc1. The van der Waals surface area contributed by atoms with Crippen LogP contribution in [-0.2, 0) is 0 Å². The van der Waals surface area contributed by atoms with Crippen molar-refractivity contribution in [1.82, 2.24) is 0 Å². The summed E-state index contributed by atoms with van der Waals surface area (Å²) < 4.78 is 18.4. The molecule has 0 aromatic heterocycles. The zero-order valence-corrected chi connectivity index (χ0v) is 8.98. The summed E-state index contributed by atoms with van der Waals surface area (Å²) in [5, 5.41) is 0. The Kier molecular flexibility index (Phi) is 3.20. The fourth-order valence-corrected chi connectivity index (χ4v) is 1.47. The van der Waals surface area contributed by atoms with E-state index in [9.17, 15) is 4.39 Å². The van der Waals surface area contributed by atoms with E-state index in [2.05, 4.69) is 0 Å². The normalized spacial score (nSPS) is 10.1. The van der Waals surface area contributed by atoms with Gasteiger partial charge in [-0.15, -0.1) is 0 Å². The van der Waals surface area contributed by atoms with Crippen LogP contribution in [0.4, 0.5) is 4.39 Å². The summed E-state index contributed by atoms with van der Waals surface area (Å²) in [5.74, 6) is 0.587. The average Bonchev–Trinajstić information content (AvgIpc) is 2.33. The van der Waals surface area contributed by atoms with Gasteiger partial charge in [-0.3, -0.25) is 0 Å². The minimum absolute atomic E-state index is 0.210. The second-order valence-electron chi connectivity index (χ2n) is 3.44. The van der Waals surface area contributed by atoms with E-state index in [1.807, 2.05) is 30.3 Å². The third-order valence-corrected chi connectivity index (χ3v) is 2.34. The predicted octanol–water partition coefficient (Wildman–Crippen LogP) is 3.43. The number of hydrogen-bond acceptors (Lipinski definition) is 1. The highest BCUT2D eigenvalue weighted by molar-refractivity contribution is 5.39. The number of benzene rings is 2. The van der Waals surface area contributed by atoms with Gasteiger partial charge in [0, 0.05) is 6.42 Å². The summed E-state index contributed by atoms with van der Waals surface area (Å²) >= 11 is 0. The highest BCUT2D eigenvalue weighted by atomic mass is 19.1. The summed E-state index contributed by atoms with van der Waals surface area (Å²) in [6, 6.07) is 14.2. The number of hydrogen-bond donors (Lipinski definition) is 0. The van der Waals surface area contributed by atoms with Crippen molar-refractivity contribution in [1.29, 1.82) is 0 Å². The van der Waals surface area contributed by atoms with E-state index < -0.39 is 0 Å². The molecule has 0 bridgehead atoms. The smallest absolute Gasteiger partial charge is 0.127 e. The van der Waals surface area contributed by atoms with Crippen LogP contribution in [0.5, 0.6) is 5.75 Å². The molecule has 2 heteroatoms. The Morgan fingerprint density at radius 3 is 2.31 bits per heavy atom. The van der Waals surface area contributed by atoms with Gasteiger partial charge in [0.05, 0.1) is 7.11 Å². The Labute approximate surface area is 94.5 Å². The van der Waals surface area contributed by atoms with Crippen molar-refractivity contribution in [2.45, 2.75) is 0 Å². The van der Waals surface area contributed by atoms with E-state index in [-0.39, 0.29) is 5.82 Å². The third-order valence-electron chi connectivity index (χ3n) is 2.34. The molecule has 0 heterocycles. The molecule has 0 aliphatic heterocycles. The molecule has 0 aliphatic rings. The van der Waals surface area contributed by atoms with Crippen LogP contribution < -0.4 is 4.74 Å². The first kappa shape index (κ1) is 10.7. The Hall–Kier alpha value is -1.83. The molecule has 0 fully saturated rings. The molecule has 1 radical (unpaired) electrons. The van der Waals surface area contributed by atoms with Gasteiger partial charge in [0.1, 0.15) is 11.6 Å². The van der Waals surface area contributed by atoms with Crippen LogP contribution in [-0.4, -0.2) is 7.11 Å². The fraction of sp³-hybridized carbons (Fsp3) is 0.0714. The van der Waals surface area contributed by atoms with Crippen LogP contribution in [0.2, 0.25) is 0 Å². The molecule has 0 saturated carbocycles. The van der Waals surface area contributed by atoms with Crippen molar-refractivity contribution < 1.29 is 9.13 Å². The number of rotatable bonds is 3. The Morgan fingerprint density at radius 1 is 1.00 bits per heavy atom. The third kappa shape index (κ3) is 2.40. The minimum Gasteiger partial charge on any atom is -0.497 e. The van der Waals surface area contributed by atoms with Crippen LogP contribution in [0, 0.1) is 12.2 Å². The fourth-order valence-electron chi connectivity index (χ4n) is 1.47. The number of methoxy groups -OCH3 is 1. The molecule has 0 aliphatic carbocycles. The summed E-state index contributed by atoms with van der Waals surface area (Å²) in [7, 11) is 1.62. The lowest BCUT2D eigenvalue weighted by Crippen LogP contribution is -1.90. The zero-order chi connectivity index (χ0) is 11.4. The van der Waals surface area contributed by atoms with Gasteiger partial charge < -0.3 is 4.74 Å². The predicted molar refractivity (Wildman–Crippen MR) is 61.9 cm³/mol. The molecule has 0 N–H and O–H groups in total. The van der Waals surface area contributed by atoms with E-state index in [1.54, 1.807) is 25.7 Å². The second kappa shape index (κ2) is 4.79. The maximum Gasteiger partial charge on any atom is 0.127 e. The quantitative estimate of drug-likeness (QED) is 0.762. The Balaban J connectivity index is 2.18. The molecule has 0 amide bonds. The lowest BCUT2D eigenvalue weighted by Gasteiger charge is -2.04. The van der Waals surface area contributed by atoms with Crippen molar-refractivity contribution in [3.63, 3.8) is 0 Å². The minimum atomic E-state index is -0.210. The van der Waals surface area contributed by atoms with Crippen molar-refractivity contribution in [3.05, 3.63) is 71.9 Å². The first-order chi connectivity index (χ1) is 7.79. The largest absolute Gasteiger partial charge is 0.497 e.